The van der Waals surface area contributed by atoms with E-state index in [4.69, 9.17) is 4.74 Å². The summed E-state index contributed by atoms with van der Waals surface area (Å²) < 4.78 is 21.2. The number of anilines is 1. The molecule has 0 spiro atoms. The van der Waals surface area contributed by atoms with Crippen LogP contribution in [0, 0.1) is 26.6 Å². The molecule has 27 heavy (non-hydrogen) atoms. The molecule has 1 amide bonds. The Morgan fingerprint density at radius 2 is 1.93 bits per heavy atom. The molecule has 0 aliphatic carbocycles. The second kappa shape index (κ2) is 8.95. The van der Waals surface area contributed by atoms with Gasteiger partial charge in [-0.3, -0.25) is 9.59 Å². The van der Waals surface area contributed by atoms with E-state index in [-0.39, 0.29) is 11.3 Å². The van der Waals surface area contributed by atoms with Gasteiger partial charge in [0.05, 0.1) is 5.69 Å². The van der Waals surface area contributed by atoms with Crippen molar-refractivity contribution in [2.75, 3.05) is 19.0 Å². The number of nitrogens with one attached hydrogen (secondary N) is 1. The number of carbonyl (C=O) groups is 1. The molecule has 1 aromatic heterocycles. The highest BCUT2D eigenvalue weighted by atomic mass is 19.1. The van der Waals surface area contributed by atoms with Crippen LogP contribution in [-0.4, -0.2) is 24.2 Å². The van der Waals surface area contributed by atoms with Gasteiger partial charge >= 0.3 is 0 Å². The Morgan fingerprint density at radius 3 is 2.56 bits per heavy atom. The summed E-state index contributed by atoms with van der Waals surface area (Å²) in [6, 6.07) is 5.73. The minimum atomic E-state index is -0.885. The van der Waals surface area contributed by atoms with Gasteiger partial charge in [-0.25, -0.2) is 4.39 Å². The van der Waals surface area contributed by atoms with E-state index >= 15 is 0 Å². The molecular weight excluding hydrogens is 347 g/mol. The summed E-state index contributed by atoms with van der Waals surface area (Å²) in [5, 5.41) is 2.83. The lowest BCUT2D eigenvalue weighted by molar-refractivity contribution is 0.102. The predicted octanol–water partition coefficient (Wildman–Crippen LogP) is 3.76. The number of carbonyl (C=O) groups excluding carboxylic acids is 1. The van der Waals surface area contributed by atoms with Gasteiger partial charge in [0.15, 0.2) is 5.82 Å². The number of rotatable bonds is 7. The van der Waals surface area contributed by atoms with Crippen LogP contribution < -0.4 is 10.7 Å². The number of para-hydroxylation sites is 1. The van der Waals surface area contributed by atoms with Crippen molar-refractivity contribution in [2.45, 2.75) is 47.1 Å². The van der Waals surface area contributed by atoms with Crippen LogP contribution in [0.3, 0.4) is 0 Å². The summed E-state index contributed by atoms with van der Waals surface area (Å²) >= 11 is 0. The molecule has 0 radical (unpaired) electrons. The quantitative estimate of drug-likeness (QED) is 0.751. The third kappa shape index (κ3) is 4.27. The van der Waals surface area contributed by atoms with Gasteiger partial charge in [0.2, 0.25) is 5.43 Å². The topological polar surface area (TPSA) is 60.3 Å². The van der Waals surface area contributed by atoms with Crippen molar-refractivity contribution in [1.82, 2.24) is 4.57 Å². The number of aryl methyl sites for hydroxylation is 2. The molecule has 0 fully saturated rings. The van der Waals surface area contributed by atoms with Gasteiger partial charge in [-0.15, -0.1) is 0 Å². The first-order valence-electron chi connectivity index (χ1n) is 9.11. The number of methoxy groups -OCH3 is 1. The lowest BCUT2D eigenvalue weighted by Crippen LogP contribution is -2.30. The van der Waals surface area contributed by atoms with E-state index in [1.54, 1.807) is 25.5 Å². The molecule has 5 nitrogen and oxygen atoms in total. The minimum Gasteiger partial charge on any atom is -0.385 e. The SMILES string of the molecule is CCc1cccc(C)c1NC(=O)c1c(C)n(CCCOC)c(C)c(F)c1=O. The van der Waals surface area contributed by atoms with Crippen LogP contribution in [0.5, 0.6) is 0 Å². The first-order valence-corrected chi connectivity index (χ1v) is 9.11. The van der Waals surface area contributed by atoms with Gasteiger partial charge in [-0.05, 0) is 44.7 Å². The van der Waals surface area contributed by atoms with Crippen LogP contribution in [0.1, 0.15) is 46.2 Å². The van der Waals surface area contributed by atoms with Crippen LogP contribution in [0.4, 0.5) is 10.1 Å². The fourth-order valence-electron chi connectivity index (χ4n) is 3.29. The van der Waals surface area contributed by atoms with Gasteiger partial charge in [0, 0.05) is 31.6 Å². The molecule has 6 heteroatoms. The second-order valence-corrected chi connectivity index (χ2v) is 6.60. The van der Waals surface area contributed by atoms with E-state index in [2.05, 4.69) is 5.32 Å². The lowest BCUT2D eigenvalue weighted by Gasteiger charge is -2.19. The molecule has 0 saturated heterocycles. The molecule has 1 N–H and O–H groups in total. The smallest absolute Gasteiger partial charge is 0.261 e. The summed E-state index contributed by atoms with van der Waals surface area (Å²) in [6.45, 7) is 8.08. The normalized spacial score (nSPS) is 10.9. The van der Waals surface area contributed by atoms with Crippen molar-refractivity contribution in [3.05, 3.63) is 62.3 Å². The average molecular weight is 374 g/mol. The molecule has 1 heterocycles. The van der Waals surface area contributed by atoms with E-state index in [1.807, 2.05) is 32.0 Å². The largest absolute Gasteiger partial charge is 0.385 e. The maximum atomic E-state index is 14.5. The number of aromatic nitrogens is 1. The van der Waals surface area contributed by atoms with Crippen LogP contribution in [-0.2, 0) is 17.7 Å². The highest BCUT2D eigenvalue weighted by molar-refractivity contribution is 6.05. The Kier molecular flexibility index (Phi) is 6.91. The number of pyridine rings is 1. The average Bonchev–Trinajstić information content (AvgIpc) is 2.64. The zero-order chi connectivity index (χ0) is 20.1. The minimum absolute atomic E-state index is 0.152. The molecule has 146 valence electrons. The molecular formula is C21H27FN2O3. The number of nitrogens with zero attached hydrogens (tertiary/aromatic N) is 1. The highest BCUT2D eigenvalue weighted by Crippen LogP contribution is 2.22. The highest BCUT2D eigenvalue weighted by Gasteiger charge is 2.23. The molecule has 0 aliphatic heterocycles. The van der Waals surface area contributed by atoms with Crippen LogP contribution in [0.2, 0.25) is 0 Å². The predicted molar refractivity (Wildman–Crippen MR) is 105 cm³/mol. The summed E-state index contributed by atoms with van der Waals surface area (Å²) in [5.41, 5.74) is 2.21. The van der Waals surface area contributed by atoms with Crippen LogP contribution >= 0.6 is 0 Å². The van der Waals surface area contributed by atoms with Gasteiger partial charge in [0.25, 0.3) is 5.91 Å². The number of hydrogen-bond acceptors (Lipinski definition) is 3. The summed E-state index contributed by atoms with van der Waals surface area (Å²) in [4.78, 5) is 25.4. The first kappa shape index (κ1) is 20.8. The Bertz CT molecular complexity index is 903. The third-order valence-corrected chi connectivity index (χ3v) is 4.85. The van der Waals surface area contributed by atoms with Crippen molar-refractivity contribution in [3.8, 4) is 0 Å². The Hall–Kier alpha value is -2.47. The number of amides is 1. The zero-order valence-electron chi connectivity index (χ0n) is 16.6. The van der Waals surface area contributed by atoms with Crippen molar-refractivity contribution >= 4 is 11.6 Å². The second-order valence-electron chi connectivity index (χ2n) is 6.60. The number of benzene rings is 1. The van der Waals surface area contributed by atoms with Gasteiger partial charge < -0.3 is 14.6 Å². The van der Waals surface area contributed by atoms with Crippen molar-refractivity contribution in [3.63, 3.8) is 0 Å². The Labute approximate surface area is 159 Å². The van der Waals surface area contributed by atoms with Crippen LogP contribution in [0.15, 0.2) is 23.0 Å². The maximum absolute atomic E-state index is 14.5. The monoisotopic (exact) mass is 374 g/mol. The van der Waals surface area contributed by atoms with Crippen LogP contribution in [0.25, 0.3) is 0 Å². The summed E-state index contributed by atoms with van der Waals surface area (Å²) in [7, 11) is 1.60. The van der Waals surface area contributed by atoms with Crippen molar-refractivity contribution in [1.29, 1.82) is 0 Å². The van der Waals surface area contributed by atoms with Crippen molar-refractivity contribution < 1.29 is 13.9 Å². The Morgan fingerprint density at radius 1 is 1.22 bits per heavy atom. The van der Waals surface area contributed by atoms with E-state index in [0.29, 0.717) is 31.0 Å². The number of ether oxygens (including phenoxy) is 1. The van der Waals surface area contributed by atoms with E-state index in [9.17, 15) is 14.0 Å². The molecule has 0 atom stereocenters. The molecule has 1 aromatic carbocycles. The van der Waals surface area contributed by atoms with E-state index in [1.165, 1.54) is 0 Å². The summed E-state index contributed by atoms with van der Waals surface area (Å²) in [6.07, 6.45) is 1.39. The first-order chi connectivity index (χ1) is 12.8. The van der Waals surface area contributed by atoms with E-state index < -0.39 is 17.2 Å². The van der Waals surface area contributed by atoms with Gasteiger partial charge in [-0.2, -0.15) is 0 Å². The molecule has 0 unspecified atom stereocenters. The molecule has 2 rings (SSSR count). The number of halogens is 1. The van der Waals surface area contributed by atoms with Gasteiger partial charge in [0.1, 0.15) is 5.56 Å². The fraction of sp³-hybridized carbons (Fsp3) is 0.429. The molecule has 0 saturated carbocycles. The van der Waals surface area contributed by atoms with Crippen molar-refractivity contribution in [2.24, 2.45) is 0 Å². The number of hydrogen-bond donors (Lipinski definition) is 1. The molecule has 0 aliphatic rings. The summed E-state index contributed by atoms with van der Waals surface area (Å²) in [5.74, 6) is -1.47. The van der Waals surface area contributed by atoms with E-state index in [0.717, 1.165) is 17.5 Å². The fourth-order valence-corrected chi connectivity index (χ4v) is 3.29. The lowest BCUT2D eigenvalue weighted by atomic mass is 10.0. The third-order valence-electron chi connectivity index (χ3n) is 4.85. The Balaban J connectivity index is 2.49. The molecule has 2 aromatic rings. The molecule has 0 bridgehead atoms. The maximum Gasteiger partial charge on any atom is 0.261 e. The van der Waals surface area contributed by atoms with Gasteiger partial charge in [-0.1, -0.05) is 25.1 Å². The zero-order valence-corrected chi connectivity index (χ0v) is 16.6. The standard InChI is InChI=1S/C21H27FN2O3/c1-6-16-10-7-9-13(2)19(16)23-21(26)17-14(3)24(11-8-12-27-5)15(4)18(22)20(17)25/h7,9-10H,6,8,11-12H2,1-5H3,(H,23,26).